The monoisotopic (exact) mass is 240 g/mol. The van der Waals surface area contributed by atoms with Crippen molar-refractivity contribution in [2.75, 3.05) is 0 Å². The lowest BCUT2D eigenvalue weighted by Crippen LogP contribution is -2.25. The van der Waals surface area contributed by atoms with Gasteiger partial charge in [-0.05, 0) is 23.2 Å². The quantitative estimate of drug-likeness (QED) is 0.468. The van der Waals surface area contributed by atoms with Gasteiger partial charge < -0.3 is 5.11 Å². The van der Waals surface area contributed by atoms with E-state index in [4.69, 9.17) is 5.11 Å². The van der Waals surface area contributed by atoms with E-state index in [0.29, 0.717) is 0 Å². The molecular weight excluding hydrogens is 239 g/mol. The normalized spacial score (nSPS) is 12.5. The zero-order valence-electron chi connectivity index (χ0n) is 5.70. The molecule has 0 aliphatic carbocycles. The van der Waals surface area contributed by atoms with Gasteiger partial charge >= 0.3 is 16.7 Å². The summed E-state index contributed by atoms with van der Waals surface area (Å²) in [7, 11) is 0. The number of alkyl halides is 6. The maximum atomic E-state index is 12.1. The number of aliphatic carboxylic acids is 1. The van der Waals surface area contributed by atoms with Gasteiger partial charge in [-0.15, -0.1) is 0 Å². The van der Waals surface area contributed by atoms with E-state index in [1.165, 1.54) is 0 Å². The molecule has 8 heteroatoms. The third kappa shape index (κ3) is 4.33. The van der Waals surface area contributed by atoms with Crippen molar-refractivity contribution in [2.24, 2.45) is 0 Å². The van der Waals surface area contributed by atoms with Crippen molar-refractivity contribution in [2.45, 2.75) is 10.8 Å². The van der Waals surface area contributed by atoms with Crippen molar-refractivity contribution in [1.29, 1.82) is 0 Å². The molecule has 1 N–H and O–H groups in total. The van der Waals surface area contributed by atoms with E-state index in [-0.39, 0.29) is 0 Å². The van der Waals surface area contributed by atoms with Crippen LogP contribution in [-0.2, 0) is 4.79 Å². The molecular formula is C5H2Cl2F4O2. The predicted octanol–water partition coefficient (Wildman–Crippen LogP) is 2.66. The van der Waals surface area contributed by atoms with Gasteiger partial charge in [-0.1, -0.05) is 0 Å². The van der Waals surface area contributed by atoms with Crippen LogP contribution in [0.3, 0.4) is 0 Å². The molecule has 0 radical (unpaired) electrons. The van der Waals surface area contributed by atoms with E-state index in [2.05, 4.69) is 23.2 Å². The van der Waals surface area contributed by atoms with Crippen LogP contribution in [0.1, 0.15) is 0 Å². The maximum Gasteiger partial charge on any atom is 0.351 e. The summed E-state index contributed by atoms with van der Waals surface area (Å²) < 4.78 is 48.4. The summed E-state index contributed by atoms with van der Waals surface area (Å²) in [6.45, 7) is 0. The molecule has 0 amide bonds. The van der Waals surface area contributed by atoms with Crippen molar-refractivity contribution in [3.8, 4) is 0 Å². The summed E-state index contributed by atoms with van der Waals surface area (Å²) in [5, 5.41) is -1.04. The van der Waals surface area contributed by atoms with Crippen molar-refractivity contribution < 1.29 is 27.5 Å². The van der Waals surface area contributed by atoms with Gasteiger partial charge in [-0.3, -0.25) is 0 Å². The first kappa shape index (κ1) is 12.5. The molecule has 0 rings (SSSR count). The van der Waals surface area contributed by atoms with Crippen LogP contribution in [0.15, 0.2) is 11.6 Å². The van der Waals surface area contributed by atoms with Crippen molar-refractivity contribution in [1.82, 2.24) is 0 Å². The molecule has 13 heavy (non-hydrogen) atoms. The van der Waals surface area contributed by atoms with Gasteiger partial charge in [0, 0.05) is 6.08 Å². The lowest BCUT2D eigenvalue weighted by Gasteiger charge is -2.16. The number of allylic oxidation sites excluding steroid dienone is 1. The standard InChI is InChI=1S/C5H2Cl2F4O2/c6-4(8,9)2(1-3(12)13)5(7,10)11/h1H,(H,12,13). The van der Waals surface area contributed by atoms with Gasteiger partial charge in [-0.2, -0.15) is 17.6 Å². The largest absolute Gasteiger partial charge is 0.478 e. The second-order valence-electron chi connectivity index (χ2n) is 1.89. The molecule has 0 aromatic rings. The van der Waals surface area contributed by atoms with Crippen molar-refractivity contribution >= 4 is 29.2 Å². The number of hydrogen-bond donors (Lipinski definition) is 1. The molecule has 2 nitrogen and oxygen atoms in total. The molecule has 0 saturated carbocycles. The second kappa shape index (κ2) is 3.71. The molecule has 0 atom stereocenters. The van der Waals surface area contributed by atoms with E-state index in [9.17, 15) is 22.4 Å². The Balaban J connectivity index is 5.13. The van der Waals surface area contributed by atoms with Gasteiger partial charge in [0.2, 0.25) is 0 Å². The minimum atomic E-state index is -4.50. The highest BCUT2D eigenvalue weighted by Gasteiger charge is 2.47. The predicted molar refractivity (Wildman–Crippen MR) is 37.3 cm³/mol. The van der Waals surface area contributed by atoms with E-state index in [1.807, 2.05) is 0 Å². The van der Waals surface area contributed by atoms with Crippen LogP contribution in [0, 0.1) is 0 Å². The Bertz CT molecular complexity index is 224. The Morgan fingerprint density at radius 3 is 1.54 bits per heavy atom. The molecule has 0 aromatic carbocycles. The number of halogens is 6. The summed E-state index contributed by atoms with van der Waals surface area (Å²) in [6.07, 6.45) is -0.431. The van der Waals surface area contributed by atoms with Crippen molar-refractivity contribution in [3.05, 3.63) is 11.6 Å². The first-order valence-corrected chi connectivity index (χ1v) is 3.39. The molecule has 76 valence electrons. The minimum absolute atomic E-state index is 0.431. The number of hydrogen-bond acceptors (Lipinski definition) is 1. The van der Waals surface area contributed by atoms with Gasteiger partial charge in [0.25, 0.3) is 0 Å². The third-order valence-electron chi connectivity index (χ3n) is 0.879. The Kier molecular flexibility index (Phi) is 3.57. The first-order chi connectivity index (χ1) is 5.55. The first-order valence-electron chi connectivity index (χ1n) is 2.64. The average molecular weight is 241 g/mol. The maximum absolute atomic E-state index is 12.1. The van der Waals surface area contributed by atoms with Gasteiger partial charge in [0.15, 0.2) is 0 Å². The topological polar surface area (TPSA) is 37.3 Å². The number of carboxylic acids is 1. The molecule has 0 spiro atoms. The van der Waals surface area contributed by atoms with Gasteiger partial charge in [-0.25, -0.2) is 4.79 Å². The van der Waals surface area contributed by atoms with E-state index >= 15 is 0 Å². The molecule has 0 aliphatic rings. The highest BCUT2D eigenvalue weighted by Crippen LogP contribution is 2.41. The summed E-state index contributed by atoms with van der Waals surface area (Å²) >= 11 is 8.40. The van der Waals surface area contributed by atoms with Crippen LogP contribution in [0.25, 0.3) is 0 Å². The van der Waals surface area contributed by atoms with Gasteiger partial charge in [0.1, 0.15) is 5.57 Å². The zero-order chi connectivity index (χ0) is 10.9. The summed E-state index contributed by atoms with van der Waals surface area (Å²) in [5.74, 6) is -1.99. The smallest absolute Gasteiger partial charge is 0.351 e. The van der Waals surface area contributed by atoms with E-state index in [0.717, 1.165) is 0 Å². The molecule has 0 aromatic heterocycles. The Hall–Kier alpha value is -0.490. The van der Waals surface area contributed by atoms with Crippen LogP contribution in [0.2, 0.25) is 0 Å². The average Bonchev–Trinajstić information content (AvgIpc) is 1.77. The van der Waals surface area contributed by atoms with Crippen LogP contribution < -0.4 is 0 Å². The molecule has 0 heterocycles. The van der Waals surface area contributed by atoms with E-state index < -0.39 is 28.4 Å². The Labute approximate surface area is 79.7 Å². The van der Waals surface area contributed by atoms with Gasteiger partial charge in [0.05, 0.1) is 0 Å². The fraction of sp³-hybridized carbons (Fsp3) is 0.400. The lowest BCUT2D eigenvalue weighted by atomic mass is 10.2. The Morgan fingerprint density at radius 2 is 1.46 bits per heavy atom. The fourth-order valence-electron chi connectivity index (χ4n) is 0.448. The van der Waals surface area contributed by atoms with E-state index in [1.54, 1.807) is 0 Å². The SMILES string of the molecule is O=C(O)C=C(C(F)(F)Cl)C(F)(F)Cl. The van der Waals surface area contributed by atoms with Crippen LogP contribution in [0.4, 0.5) is 17.6 Å². The van der Waals surface area contributed by atoms with Crippen LogP contribution >= 0.6 is 23.2 Å². The molecule has 0 aliphatic heterocycles. The molecule has 0 fully saturated rings. The van der Waals surface area contributed by atoms with Crippen LogP contribution in [-0.4, -0.2) is 21.8 Å². The molecule has 0 saturated heterocycles. The summed E-state index contributed by atoms with van der Waals surface area (Å²) in [6, 6.07) is 0. The molecule has 0 unspecified atom stereocenters. The zero-order valence-corrected chi connectivity index (χ0v) is 7.21. The second-order valence-corrected chi connectivity index (χ2v) is 2.84. The number of carbonyl (C=O) groups is 1. The highest BCUT2D eigenvalue weighted by atomic mass is 35.5. The highest BCUT2D eigenvalue weighted by molar-refractivity contribution is 6.28. The molecule has 0 bridgehead atoms. The summed E-state index contributed by atoms with van der Waals surface area (Å²) in [5.41, 5.74) is -2.17. The van der Waals surface area contributed by atoms with Crippen LogP contribution in [0.5, 0.6) is 0 Å². The fourth-order valence-corrected chi connectivity index (χ4v) is 0.843. The number of rotatable bonds is 3. The summed E-state index contributed by atoms with van der Waals surface area (Å²) in [4.78, 5) is 9.84. The minimum Gasteiger partial charge on any atom is -0.478 e. The lowest BCUT2D eigenvalue weighted by molar-refractivity contribution is -0.131. The number of carboxylic acid groups (broad SMARTS) is 1. The van der Waals surface area contributed by atoms with Crippen molar-refractivity contribution in [3.63, 3.8) is 0 Å². The Morgan fingerprint density at radius 1 is 1.15 bits per heavy atom. The third-order valence-corrected chi connectivity index (χ3v) is 1.29.